The summed E-state index contributed by atoms with van der Waals surface area (Å²) in [5.41, 5.74) is 13.2. The predicted molar refractivity (Wildman–Crippen MR) is 55.8 cm³/mol. The Balaban J connectivity index is 2.22. The van der Waals surface area contributed by atoms with Crippen molar-refractivity contribution < 1.29 is 0 Å². The second kappa shape index (κ2) is 3.67. The standard InChI is InChI=1S/C10H16N4/c1-10(2,9-11-13-14-12-9)8-6-4-3-5-7-8/h3-7,9,11-14H,1-2H3. The van der Waals surface area contributed by atoms with Gasteiger partial charge in [0, 0.05) is 5.41 Å². The first-order chi connectivity index (χ1) is 6.71. The molecule has 0 atom stereocenters. The zero-order valence-corrected chi connectivity index (χ0v) is 8.46. The number of rotatable bonds is 2. The van der Waals surface area contributed by atoms with E-state index in [4.69, 9.17) is 0 Å². The van der Waals surface area contributed by atoms with Crippen LogP contribution in [0.25, 0.3) is 0 Å². The Hall–Kier alpha value is -0.940. The molecule has 0 radical (unpaired) electrons. The van der Waals surface area contributed by atoms with Crippen LogP contribution in [0, 0.1) is 0 Å². The van der Waals surface area contributed by atoms with Crippen molar-refractivity contribution in [3.63, 3.8) is 0 Å². The van der Waals surface area contributed by atoms with E-state index in [2.05, 4.69) is 60.0 Å². The molecule has 4 nitrogen and oxygen atoms in total. The van der Waals surface area contributed by atoms with Crippen molar-refractivity contribution in [1.29, 1.82) is 0 Å². The zero-order chi connectivity index (χ0) is 10.0. The van der Waals surface area contributed by atoms with Crippen molar-refractivity contribution in [1.82, 2.24) is 21.9 Å². The third-order valence-corrected chi connectivity index (χ3v) is 2.74. The Bertz CT molecular complexity index is 290. The van der Waals surface area contributed by atoms with E-state index < -0.39 is 0 Å². The van der Waals surface area contributed by atoms with Crippen LogP contribution in [0.2, 0.25) is 0 Å². The maximum absolute atomic E-state index is 3.12. The van der Waals surface area contributed by atoms with Gasteiger partial charge in [0.15, 0.2) is 0 Å². The summed E-state index contributed by atoms with van der Waals surface area (Å²) in [6, 6.07) is 10.4. The van der Waals surface area contributed by atoms with E-state index in [0.29, 0.717) is 0 Å². The van der Waals surface area contributed by atoms with Gasteiger partial charge in [0.05, 0.1) is 6.17 Å². The smallest absolute Gasteiger partial charge is 0.0950 e. The fraction of sp³-hybridized carbons (Fsp3) is 0.400. The molecular weight excluding hydrogens is 176 g/mol. The second-order valence-electron chi connectivity index (χ2n) is 4.06. The molecular formula is C10H16N4. The summed E-state index contributed by atoms with van der Waals surface area (Å²) in [4.78, 5) is 0. The number of hydrazine groups is 3. The molecule has 4 N–H and O–H groups in total. The van der Waals surface area contributed by atoms with E-state index in [1.54, 1.807) is 0 Å². The van der Waals surface area contributed by atoms with Crippen molar-refractivity contribution in [3.05, 3.63) is 35.9 Å². The molecule has 1 aliphatic heterocycles. The minimum absolute atomic E-state index is 0.0256. The number of benzene rings is 1. The number of hydrogen-bond donors (Lipinski definition) is 4. The molecule has 4 heteroatoms. The summed E-state index contributed by atoms with van der Waals surface area (Å²) >= 11 is 0. The monoisotopic (exact) mass is 192 g/mol. The third kappa shape index (κ3) is 1.65. The van der Waals surface area contributed by atoms with Gasteiger partial charge in [-0.3, -0.25) is 0 Å². The van der Waals surface area contributed by atoms with Crippen LogP contribution in [0.15, 0.2) is 30.3 Å². The normalized spacial score (nSPS) is 18.7. The Morgan fingerprint density at radius 1 is 1.00 bits per heavy atom. The van der Waals surface area contributed by atoms with E-state index in [1.807, 2.05) is 6.07 Å². The van der Waals surface area contributed by atoms with Crippen LogP contribution >= 0.6 is 0 Å². The summed E-state index contributed by atoms with van der Waals surface area (Å²) in [5.74, 6) is 0. The summed E-state index contributed by atoms with van der Waals surface area (Å²) in [7, 11) is 0. The molecule has 76 valence electrons. The summed E-state index contributed by atoms with van der Waals surface area (Å²) in [5, 5.41) is 0. The van der Waals surface area contributed by atoms with Gasteiger partial charge in [-0.25, -0.2) is 10.9 Å². The first-order valence-corrected chi connectivity index (χ1v) is 4.78. The molecule has 1 heterocycles. The number of hydrogen-bond acceptors (Lipinski definition) is 4. The molecule has 14 heavy (non-hydrogen) atoms. The third-order valence-electron chi connectivity index (χ3n) is 2.74. The summed E-state index contributed by atoms with van der Waals surface area (Å²) in [6.07, 6.45) is 0.171. The van der Waals surface area contributed by atoms with E-state index in [-0.39, 0.29) is 11.6 Å². The van der Waals surface area contributed by atoms with Crippen LogP contribution in [0.5, 0.6) is 0 Å². The minimum Gasteiger partial charge on any atom is -0.224 e. The number of nitrogens with one attached hydrogen (secondary N) is 4. The highest BCUT2D eigenvalue weighted by atomic mass is 15.8. The molecule has 0 spiro atoms. The quantitative estimate of drug-likeness (QED) is 0.548. The zero-order valence-electron chi connectivity index (χ0n) is 8.46. The van der Waals surface area contributed by atoms with Crippen LogP contribution < -0.4 is 21.9 Å². The Kier molecular flexibility index (Phi) is 2.52. The predicted octanol–water partition coefficient (Wildman–Crippen LogP) is 0.407. The summed E-state index contributed by atoms with van der Waals surface area (Å²) in [6.45, 7) is 4.39. The summed E-state index contributed by atoms with van der Waals surface area (Å²) < 4.78 is 0. The van der Waals surface area contributed by atoms with Gasteiger partial charge in [-0.1, -0.05) is 44.2 Å². The van der Waals surface area contributed by atoms with E-state index in [9.17, 15) is 0 Å². The first kappa shape index (κ1) is 9.61. The van der Waals surface area contributed by atoms with Gasteiger partial charge in [0.2, 0.25) is 0 Å². The average Bonchev–Trinajstić information content (AvgIpc) is 2.72. The van der Waals surface area contributed by atoms with Crippen LogP contribution in [0.1, 0.15) is 19.4 Å². The highest BCUT2D eigenvalue weighted by Crippen LogP contribution is 2.25. The second-order valence-corrected chi connectivity index (χ2v) is 4.06. The fourth-order valence-electron chi connectivity index (χ4n) is 1.65. The van der Waals surface area contributed by atoms with Gasteiger partial charge in [-0.2, -0.15) is 11.1 Å². The largest absolute Gasteiger partial charge is 0.224 e. The van der Waals surface area contributed by atoms with Gasteiger partial charge in [-0.15, -0.1) is 0 Å². The highest BCUT2D eigenvalue weighted by Gasteiger charge is 2.33. The van der Waals surface area contributed by atoms with Crippen molar-refractivity contribution in [2.24, 2.45) is 0 Å². The SMILES string of the molecule is CC(C)(c1ccccc1)C1NNNN1. The molecule has 1 saturated heterocycles. The lowest BCUT2D eigenvalue weighted by molar-refractivity contribution is 0.335. The molecule has 1 aromatic rings. The van der Waals surface area contributed by atoms with Gasteiger partial charge < -0.3 is 0 Å². The molecule has 0 bridgehead atoms. The highest BCUT2D eigenvalue weighted by molar-refractivity contribution is 5.25. The topological polar surface area (TPSA) is 48.1 Å². The van der Waals surface area contributed by atoms with E-state index >= 15 is 0 Å². The maximum atomic E-state index is 3.12. The molecule has 0 saturated carbocycles. The van der Waals surface area contributed by atoms with Gasteiger partial charge in [0.25, 0.3) is 0 Å². The van der Waals surface area contributed by atoms with Crippen LogP contribution in [-0.2, 0) is 5.41 Å². The molecule has 2 rings (SSSR count). The van der Waals surface area contributed by atoms with Crippen molar-refractivity contribution in [2.45, 2.75) is 25.4 Å². The van der Waals surface area contributed by atoms with E-state index in [0.717, 1.165) is 0 Å². The molecule has 0 aliphatic carbocycles. The fourth-order valence-corrected chi connectivity index (χ4v) is 1.65. The average molecular weight is 192 g/mol. The first-order valence-electron chi connectivity index (χ1n) is 4.78. The van der Waals surface area contributed by atoms with Crippen LogP contribution in [0.3, 0.4) is 0 Å². The minimum atomic E-state index is 0.0256. The lowest BCUT2D eigenvalue weighted by atomic mass is 9.82. The van der Waals surface area contributed by atoms with Gasteiger partial charge in [0.1, 0.15) is 0 Å². The Morgan fingerprint density at radius 3 is 2.14 bits per heavy atom. The Labute approximate surface area is 84.0 Å². The lowest BCUT2D eigenvalue weighted by Gasteiger charge is -2.30. The Morgan fingerprint density at radius 2 is 1.57 bits per heavy atom. The van der Waals surface area contributed by atoms with Crippen molar-refractivity contribution in [2.75, 3.05) is 0 Å². The van der Waals surface area contributed by atoms with Crippen LogP contribution in [-0.4, -0.2) is 6.17 Å². The molecule has 1 aromatic carbocycles. The molecule has 1 fully saturated rings. The van der Waals surface area contributed by atoms with E-state index in [1.165, 1.54) is 5.56 Å². The maximum Gasteiger partial charge on any atom is 0.0950 e. The van der Waals surface area contributed by atoms with Crippen LogP contribution in [0.4, 0.5) is 0 Å². The molecule has 1 aliphatic rings. The molecule has 0 unspecified atom stereocenters. The van der Waals surface area contributed by atoms with Crippen molar-refractivity contribution >= 4 is 0 Å². The molecule has 0 amide bonds. The van der Waals surface area contributed by atoms with Gasteiger partial charge >= 0.3 is 0 Å². The molecule has 0 aromatic heterocycles. The van der Waals surface area contributed by atoms with Gasteiger partial charge in [-0.05, 0) is 5.56 Å². The van der Waals surface area contributed by atoms with Crippen molar-refractivity contribution in [3.8, 4) is 0 Å². The lowest BCUT2D eigenvalue weighted by Crippen LogP contribution is -2.49.